The molecule has 24 heavy (non-hydrogen) atoms. The molecule has 5 nitrogen and oxygen atoms in total. The van der Waals surface area contributed by atoms with Crippen molar-refractivity contribution >= 4 is 33.6 Å². The second-order valence-electron chi connectivity index (χ2n) is 5.04. The van der Waals surface area contributed by atoms with Gasteiger partial charge in [0.1, 0.15) is 11.6 Å². The van der Waals surface area contributed by atoms with Gasteiger partial charge in [0, 0.05) is 15.7 Å². The number of hydrogen-bond donors (Lipinski definition) is 2. The third kappa shape index (κ3) is 4.15. The van der Waals surface area contributed by atoms with E-state index in [0.29, 0.717) is 15.7 Å². The van der Waals surface area contributed by atoms with Crippen LogP contribution in [-0.2, 0) is 4.79 Å². The quantitative estimate of drug-likeness (QED) is 0.613. The number of aromatic hydroxyl groups is 1. The summed E-state index contributed by atoms with van der Waals surface area (Å²) in [5, 5.41) is 22.1. The fourth-order valence-electron chi connectivity index (χ4n) is 2.09. The number of hydrogen-bond acceptors (Lipinski definition) is 4. The SMILES string of the molecule is COc1cc(Br)cc(/C=C(/C#N)C(=O)Nc2cccc(C)c2)c1O. The van der Waals surface area contributed by atoms with Gasteiger partial charge in [-0.15, -0.1) is 0 Å². The minimum Gasteiger partial charge on any atom is -0.504 e. The Morgan fingerprint density at radius 3 is 2.75 bits per heavy atom. The zero-order chi connectivity index (χ0) is 17.7. The first kappa shape index (κ1) is 17.6. The van der Waals surface area contributed by atoms with Crippen LogP contribution in [0.15, 0.2) is 46.4 Å². The average Bonchev–Trinajstić information content (AvgIpc) is 2.55. The van der Waals surface area contributed by atoms with E-state index in [-0.39, 0.29) is 17.1 Å². The molecule has 1 amide bonds. The highest BCUT2D eigenvalue weighted by molar-refractivity contribution is 9.10. The molecule has 0 heterocycles. The largest absolute Gasteiger partial charge is 0.504 e. The number of nitriles is 1. The molecule has 0 aliphatic carbocycles. The summed E-state index contributed by atoms with van der Waals surface area (Å²) < 4.78 is 5.71. The lowest BCUT2D eigenvalue weighted by Crippen LogP contribution is -2.13. The van der Waals surface area contributed by atoms with Gasteiger partial charge in [-0.2, -0.15) is 5.26 Å². The first-order valence-corrected chi connectivity index (χ1v) is 7.80. The molecule has 0 fully saturated rings. The molecule has 2 N–H and O–H groups in total. The number of phenols is 1. The maximum atomic E-state index is 12.3. The van der Waals surface area contributed by atoms with Crippen LogP contribution < -0.4 is 10.1 Å². The Balaban J connectivity index is 2.34. The van der Waals surface area contributed by atoms with Crippen molar-refractivity contribution in [1.82, 2.24) is 0 Å². The van der Waals surface area contributed by atoms with E-state index in [1.807, 2.05) is 25.1 Å². The van der Waals surface area contributed by atoms with Crippen molar-refractivity contribution in [2.75, 3.05) is 12.4 Å². The van der Waals surface area contributed by atoms with Crippen molar-refractivity contribution < 1.29 is 14.6 Å². The Bertz CT molecular complexity index is 854. The minimum absolute atomic E-state index is 0.132. The van der Waals surface area contributed by atoms with Gasteiger partial charge >= 0.3 is 0 Å². The summed E-state index contributed by atoms with van der Waals surface area (Å²) in [6, 6.07) is 12.3. The molecular formula is C18H15BrN2O3. The first-order valence-electron chi connectivity index (χ1n) is 7.01. The number of carbonyl (C=O) groups excluding carboxylic acids is 1. The van der Waals surface area contributed by atoms with E-state index in [2.05, 4.69) is 21.2 Å². The lowest BCUT2D eigenvalue weighted by molar-refractivity contribution is -0.112. The summed E-state index contributed by atoms with van der Waals surface area (Å²) in [5.74, 6) is -0.453. The van der Waals surface area contributed by atoms with Crippen LogP contribution in [0.5, 0.6) is 11.5 Å². The molecule has 0 aromatic heterocycles. The molecule has 0 spiro atoms. The van der Waals surface area contributed by atoms with Crippen molar-refractivity contribution in [2.24, 2.45) is 0 Å². The number of halogens is 1. The predicted octanol–water partition coefficient (Wildman–Crippen LogP) is 4.02. The standard InChI is InChI=1S/C18H15BrN2O3/c1-11-4-3-5-15(6-11)21-18(23)13(10-20)7-12-8-14(19)9-16(24-2)17(12)22/h3-9,22H,1-2H3,(H,21,23)/b13-7-. The van der Waals surface area contributed by atoms with Gasteiger partial charge in [0.25, 0.3) is 5.91 Å². The molecule has 2 rings (SSSR count). The van der Waals surface area contributed by atoms with Crippen LogP contribution in [0.3, 0.4) is 0 Å². The topological polar surface area (TPSA) is 82.3 Å². The number of nitrogens with zero attached hydrogens (tertiary/aromatic N) is 1. The van der Waals surface area contributed by atoms with Crippen LogP contribution in [0.2, 0.25) is 0 Å². The summed E-state index contributed by atoms with van der Waals surface area (Å²) in [4.78, 5) is 12.3. The van der Waals surface area contributed by atoms with E-state index in [1.54, 1.807) is 24.3 Å². The van der Waals surface area contributed by atoms with Gasteiger partial charge in [0.05, 0.1) is 7.11 Å². The van der Waals surface area contributed by atoms with E-state index in [1.165, 1.54) is 13.2 Å². The first-order chi connectivity index (χ1) is 11.4. The Kier molecular flexibility index (Phi) is 5.61. The highest BCUT2D eigenvalue weighted by Crippen LogP contribution is 2.34. The van der Waals surface area contributed by atoms with E-state index >= 15 is 0 Å². The second-order valence-corrected chi connectivity index (χ2v) is 5.95. The average molecular weight is 387 g/mol. The van der Waals surface area contributed by atoms with Crippen molar-refractivity contribution in [3.05, 3.63) is 57.6 Å². The molecule has 0 bridgehead atoms. The van der Waals surface area contributed by atoms with Crippen LogP contribution >= 0.6 is 15.9 Å². The zero-order valence-corrected chi connectivity index (χ0v) is 14.7. The molecule has 0 saturated carbocycles. The fourth-order valence-corrected chi connectivity index (χ4v) is 2.54. The van der Waals surface area contributed by atoms with Crippen molar-refractivity contribution in [3.63, 3.8) is 0 Å². The highest BCUT2D eigenvalue weighted by Gasteiger charge is 2.13. The Morgan fingerprint density at radius 1 is 1.38 bits per heavy atom. The van der Waals surface area contributed by atoms with E-state index in [0.717, 1.165) is 5.56 Å². The fraction of sp³-hybridized carbons (Fsp3) is 0.111. The third-order valence-electron chi connectivity index (χ3n) is 3.23. The van der Waals surface area contributed by atoms with Gasteiger partial charge in [-0.1, -0.05) is 28.1 Å². The van der Waals surface area contributed by atoms with Gasteiger partial charge in [-0.3, -0.25) is 4.79 Å². The van der Waals surface area contributed by atoms with Crippen LogP contribution in [0.4, 0.5) is 5.69 Å². The lowest BCUT2D eigenvalue weighted by Gasteiger charge is -2.08. The van der Waals surface area contributed by atoms with E-state index in [9.17, 15) is 15.2 Å². The van der Waals surface area contributed by atoms with E-state index in [4.69, 9.17) is 4.74 Å². The molecule has 0 atom stereocenters. The number of nitrogens with one attached hydrogen (secondary N) is 1. The third-order valence-corrected chi connectivity index (χ3v) is 3.69. The number of rotatable bonds is 4. The molecule has 122 valence electrons. The summed E-state index contributed by atoms with van der Waals surface area (Å²) in [6.07, 6.45) is 1.31. The summed E-state index contributed by atoms with van der Waals surface area (Å²) in [7, 11) is 1.42. The van der Waals surface area contributed by atoms with E-state index < -0.39 is 5.91 Å². The number of phenolic OH excluding ortho intramolecular Hbond substituents is 1. The molecule has 0 saturated heterocycles. The maximum Gasteiger partial charge on any atom is 0.266 e. The normalized spacial score (nSPS) is 10.8. The highest BCUT2D eigenvalue weighted by atomic mass is 79.9. The van der Waals surface area contributed by atoms with Gasteiger partial charge in [-0.05, 0) is 42.8 Å². The zero-order valence-electron chi connectivity index (χ0n) is 13.1. The van der Waals surface area contributed by atoms with Crippen LogP contribution in [0, 0.1) is 18.3 Å². The molecular weight excluding hydrogens is 372 g/mol. The summed E-state index contributed by atoms with van der Waals surface area (Å²) in [6.45, 7) is 1.91. The molecule has 0 aliphatic heterocycles. The number of anilines is 1. The number of ether oxygens (including phenoxy) is 1. The van der Waals surface area contributed by atoms with Gasteiger partial charge in [0.15, 0.2) is 11.5 Å². The number of amides is 1. The molecule has 2 aromatic rings. The van der Waals surface area contributed by atoms with Crippen LogP contribution in [-0.4, -0.2) is 18.1 Å². The molecule has 0 aliphatic rings. The second kappa shape index (κ2) is 7.66. The Labute approximate surface area is 148 Å². The van der Waals surface area contributed by atoms with Crippen molar-refractivity contribution in [2.45, 2.75) is 6.92 Å². The smallest absolute Gasteiger partial charge is 0.266 e. The lowest BCUT2D eigenvalue weighted by atomic mass is 10.1. The molecule has 6 heteroatoms. The summed E-state index contributed by atoms with van der Waals surface area (Å²) in [5.41, 5.74) is 1.76. The minimum atomic E-state index is -0.554. The number of benzene rings is 2. The number of carbonyl (C=O) groups is 1. The van der Waals surface area contributed by atoms with Crippen molar-refractivity contribution in [1.29, 1.82) is 5.26 Å². The number of aryl methyl sites for hydroxylation is 1. The molecule has 2 aromatic carbocycles. The predicted molar refractivity (Wildman–Crippen MR) is 95.8 cm³/mol. The van der Waals surface area contributed by atoms with Gasteiger partial charge in [-0.25, -0.2) is 0 Å². The van der Waals surface area contributed by atoms with Gasteiger partial charge < -0.3 is 15.2 Å². The Morgan fingerprint density at radius 2 is 2.12 bits per heavy atom. The van der Waals surface area contributed by atoms with Crippen LogP contribution in [0.25, 0.3) is 6.08 Å². The van der Waals surface area contributed by atoms with Gasteiger partial charge in [0.2, 0.25) is 0 Å². The molecule has 0 radical (unpaired) electrons. The van der Waals surface area contributed by atoms with Crippen LogP contribution in [0.1, 0.15) is 11.1 Å². The number of methoxy groups -OCH3 is 1. The monoisotopic (exact) mass is 386 g/mol. The van der Waals surface area contributed by atoms with Crippen molar-refractivity contribution in [3.8, 4) is 17.6 Å². The Hall–Kier alpha value is -2.78. The summed E-state index contributed by atoms with van der Waals surface area (Å²) >= 11 is 3.29. The maximum absolute atomic E-state index is 12.3. The molecule has 0 unspecified atom stereocenters.